The number of para-hydroxylation sites is 1. The van der Waals surface area contributed by atoms with Gasteiger partial charge in [-0.1, -0.05) is 18.2 Å². The number of rotatable bonds is 5. The second-order valence-corrected chi connectivity index (χ2v) is 7.65. The lowest BCUT2D eigenvalue weighted by Crippen LogP contribution is -2.43. The molecule has 3 heterocycles. The average Bonchev–Trinajstić information content (AvgIpc) is 3.34. The van der Waals surface area contributed by atoms with Crippen molar-refractivity contribution in [1.82, 2.24) is 24.6 Å². The first-order valence-electron chi connectivity index (χ1n) is 9.95. The Morgan fingerprint density at radius 1 is 1.23 bits per heavy atom. The van der Waals surface area contributed by atoms with Crippen molar-refractivity contribution in [2.24, 2.45) is 5.92 Å². The van der Waals surface area contributed by atoms with Crippen molar-refractivity contribution in [2.45, 2.75) is 32.1 Å². The Bertz CT molecular complexity index is 991. The monoisotopic (exact) mass is 437 g/mol. The SMILES string of the molecule is COc1ccccc1CCN1C[C@@H](C(=O)N2CCn3c(nnc3C(F)(F)F)C2)CC1=O. The van der Waals surface area contributed by atoms with Gasteiger partial charge >= 0.3 is 6.18 Å². The number of alkyl halides is 3. The van der Waals surface area contributed by atoms with Crippen LogP contribution in [0.1, 0.15) is 23.6 Å². The van der Waals surface area contributed by atoms with E-state index in [4.69, 9.17) is 4.74 Å². The maximum Gasteiger partial charge on any atom is 0.451 e. The number of aromatic nitrogens is 3. The molecule has 2 amide bonds. The highest BCUT2D eigenvalue weighted by atomic mass is 19.4. The van der Waals surface area contributed by atoms with Crippen LogP contribution >= 0.6 is 0 Å². The topological polar surface area (TPSA) is 80.6 Å². The number of fused-ring (bicyclic) bond motifs is 1. The zero-order chi connectivity index (χ0) is 22.2. The van der Waals surface area contributed by atoms with Gasteiger partial charge in [0.2, 0.25) is 17.6 Å². The summed E-state index contributed by atoms with van der Waals surface area (Å²) >= 11 is 0. The fraction of sp³-hybridized carbons (Fsp3) is 0.500. The molecule has 0 spiro atoms. The number of halogens is 3. The quantitative estimate of drug-likeness (QED) is 0.712. The molecule has 1 saturated heterocycles. The van der Waals surface area contributed by atoms with Crippen molar-refractivity contribution >= 4 is 11.8 Å². The molecule has 1 fully saturated rings. The lowest BCUT2D eigenvalue weighted by Gasteiger charge is -2.30. The van der Waals surface area contributed by atoms with Crippen LogP contribution in [0, 0.1) is 5.92 Å². The molecule has 166 valence electrons. The number of hydrogen-bond acceptors (Lipinski definition) is 5. The predicted octanol–water partition coefficient (Wildman–Crippen LogP) is 1.74. The molecule has 0 saturated carbocycles. The molecule has 4 rings (SSSR count). The zero-order valence-electron chi connectivity index (χ0n) is 16.9. The van der Waals surface area contributed by atoms with Crippen LogP contribution in [0.5, 0.6) is 5.75 Å². The number of amides is 2. The van der Waals surface area contributed by atoms with Crippen molar-refractivity contribution < 1.29 is 27.5 Å². The second kappa shape index (κ2) is 8.20. The van der Waals surface area contributed by atoms with Crippen LogP contribution in [0.3, 0.4) is 0 Å². The number of likely N-dealkylation sites (tertiary alicyclic amines) is 1. The van der Waals surface area contributed by atoms with E-state index in [0.717, 1.165) is 15.9 Å². The first kappa shape index (κ1) is 21.1. The van der Waals surface area contributed by atoms with E-state index in [9.17, 15) is 22.8 Å². The zero-order valence-corrected chi connectivity index (χ0v) is 16.9. The van der Waals surface area contributed by atoms with Gasteiger partial charge in [-0.15, -0.1) is 10.2 Å². The normalized spacial score (nSPS) is 19.0. The van der Waals surface area contributed by atoms with E-state index in [1.165, 1.54) is 4.90 Å². The maximum atomic E-state index is 13.0. The molecule has 31 heavy (non-hydrogen) atoms. The number of ether oxygens (including phenoxy) is 1. The molecule has 8 nitrogen and oxygen atoms in total. The van der Waals surface area contributed by atoms with Crippen molar-refractivity contribution in [3.8, 4) is 5.75 Å². The van der Waals surface area contributed by atoms with Gasteiger partial charge in [0.05, 0.1) is 19.6 Å². The minimum absolute atomic E-state index is 0.0267. The molecule has 2 aromatic rings. The van der Waals surface area contributed by atoms with Crippen molar-refractivity contribution in [3.63, 3.8) is 0 Å². The Labute approximate surface area is 176 Å². The number of methoxy groups -OCH3 is 1. The highest BCUT2D eigenvalue weighted by Gasteiger charge is 2.41. The summed E-state index contributed by atoms with van der Waals surface area (Å²) in [6.07, 6.45) is -3.89. The molecule has 0 radical (unpaired) electrons. The van der Waals surface area contributed by atoms with Gasteiger partial charge < -0.3 is 19.1 Å². The van der Waals surface area contributed by atoms with E-state index >= 15 is 0 Å². The van der Waals surface area contributed by atoms with Crippen LogP contribution in [0.2, 0.25) is 0 Å². The minimum atomic E-state index is -4.59. The number of nitrogens with zero attached hydrogens (tertiary/aromatic N) is 5. The Morgan fingerprint density at radius 2 is 2.00 bits per heavy atom. The fourth-order valence-electron chi connectivity index (χ4n) is 4.13. The standard InChI is InChI=1S/C20H22F3N5O3/c1-31-15-5-3-2-4-13(15)6-7-26-11-14(10-17(26)29)18(30)27-8-9-28-16(12-27)24-25-19(28)20(21,22)23/h2-5,14H,6-12H2,1H3/t14-/m0/s1. The van der Waals surface area contributed by atoms with Gasteiger partial charge in [0.25, 0.3) is 0 Å². The molecule has 0 N–H and O–H groups in total. The molecule has 0 bridgehead atoms. The third kappa shape index (κ3) is 4.21. The summed E-state index contributed by atoms with van der Waals surface area (Å²) in [5.41, 5.74) is 0.975. The largest absolute Gasteiger partial charge is 0.496 e. The number of benzene rings is 1. The van der Waals surface area contributed by atoms with Crippen LogP contribution < -0.4 is 4.74 Å². The van der Waals surface area contributed by atoms with Gasteiger partial charge in [-0.3, -0.25) is 9.59 Å². The van der Waals surface area contributed by atoms with E-state index < -0.39 is 17.9 Å². The summed E-state index contributed by atoms with van der Waals surface area (Å²) < 4.78 is 45.3. The van der Waals surface area contributed by atoms with Crippen LogP contribution in [0.25, 0.3) is 0 Å². The van der Waals surface area contributed by atoms with Crippen LogP contribution in [0.15, 0.2) is 24.3 Å². The van der Waals surface area contributed by atoms with E-state index in [1.54, 1.807) is 12.0 Å². The predicted molar refractivity (Wildman–Crippen MR) is 102 cm³/mol. The molecular formula is C20H22F3N5O3. The molecule has 11 heteroatoms. The molecule has 1 atom stereocenters. The Kier molecular flexibility index (Phi) is 5.59. The third-order valence-corrected chi connectivity index (χ3v) is 5.73. The molecular weight excluding hydrogens is 415 g/mol. The molecule has 2 aliphatic rings. The van der Waals surface area contributed by atoms with Crippen LogP contribution in [-0.2, 0) is 35.3 Å². The van der Waals surface area contributed by atoms with Crippen molar-refractivity contribution in [1.29, 1.82) is 0 Å². The van der Waals surface area contributed by atoms with E-state index in [1.807, 2.05) is 24.3 Å². The summed E-state index contributed by atoms with van der Waals surface area (Å²) in [5.74, 6) is -1.06. The summed E-state index contributed by atoms with van der Waals surface area (Å²) in [7, 11) is 1.59. The lowest BCUT2D eigenvalue weighted by molar-refractivity contribution is -0.148. The highest BCUT2D eigenvalue weighted by molar-refractivity contribution is 5.89. The van der Waals surface area contributed by atoms with Gasteiger partial charge in [0, 0.05) is 32.6 Å². The average molecular weight is 437 g/mol. The Morgan fingerprint density at radius 3 is 2.74 bits per heavy atom. The molecule has 1 aromatic carbocycles. The summed E-state index contributed by atoms with van der Waals surface area (Å²) in [5, 5.41) is 6.83. The molecule has 0 unspecified atom stereocenters. The van der Waals surface area contributed by atoms with Crippen molar-refractivity contribution in [3.05, 3.63) is 41.5 Å². The Hall–Kier alpha value is -3.11. The molecule has 2 aliphatic heterocycles. The van der Waals surface area contributed by atoms with Crippen LogP contribution in [0.4, 0.5) is 13.2 Å². The van der Waals surface area contributed by atoms with Gasteiger partial charge in [-0.25, -0.2) is 0 Å². The van der Waals surface area contributed by atoms with E-state index in [0.29, 0.717) is 19.5 Å². The summed E-state index contributed by atoms with van der Waals surface area (Å²) in [6, 6.07) is 7.55. The first-order valence-corrected chi connectivity index (χ1v) is 9.95. The van der Waals surface area contributed by atoms with Crippen LogP contribution in [-0.4, -0.2) is 63.1 Å². The number of carbonyl (C=O) groups excluding carboxylic acids is 2. The summed E-state index contributed by atoms with van der Waals surface area (Å²) in [6.45, 7) is 0.809. The fourth-order valence-corrected chi connectivity index (χ4v) is 4.13. The minimum Gasteiger partial charge on any atom is -0.496 e. The van der Waals surface area contributed by atoms with E-state index in [-0.39, 0.29) is 43.7 Å². The van der Waals surface area contributed by atoms with E-state index in [2.05, 4.69) is 10.2 Å². The molecule has 1 aromatic heterocycles. The van der Waals surface area contributed by atoms with Crippen molar-refractivity contribution in [2.75, 3.05) is 26.7 Å². The summed E-state index contributed by atoms with van der Waals surface area (Å²) in [4.78, 5) is 28.5. The van der Waals surface area contributed by atoms with Gasteiger partial charge in [-0.2, -0.15) is 13.2 Å². The van der Waals surface area contributed by atoms with Gasteiger partial charge in [0.1, 0.15) is 5.75 Å². The van der Waals surface area contributed by atoms with Gasteiger partial charge in [0.15, 0.2) is 5.82 Å². The Balaban J connectivity index is 1.37. The second-order valence-electron chi connectivity index (χ2n) is 7.65. The number of carbonyl (C=O) groups is 2. The first-order chi connectivity index (χ1) is 14.8. The molecule has 0 aliphatic carbocycles. The number of hydrogen-bond donors (Lipinski definition) is 0. The highest BCUT2D eigenvalue weighted by Crippen LogP contribution is 2.30. The smallest absolute Gasteiger partial charge is 0.451 e. The lowest BCUT2D eigenvalue weighted by atomic mass is 10.1. The maximum absolute atomic E-state index is 13.0. The third-order valence-electron chi connectivity index (χ3n) is 5.73. The van der Waals surface area contributed by atoms with Gasteiger partial charge in [-0.05, 0) is 18.1 Å².